The summed E-state index contributed by atoms with van der Waals surface area (Å²) in [5, 5.41) is 25.8. The highest BCUT2D eigenvalue weighted by atomic mass is 16.7. The van der Waals surface area contributed by atoms with E-state index in [1.807, 2.05) is 48.5 Å². The summed E-state index contributed by atoms with van der Waals surface area (Å²) in [5.74, 6) is 1.61. The molecular weight excluding hydrogens is 480 g/mol. The Morgan fingerprint density at radius 3 is 2.53 bits per heavy atom. The first-order valence-corrected chi connectivity index (χ1v) is 13.9. The molecule has 3 saturated carbocycles. The van der Waals surface area contributed by atoms with Crippen LogP contribution in [0.15, 0.2) is 48.5 Å². The van der Waals surface area contributed by atoms with E-state index in [4.69, 9.17) is 9.57 Å². The van der Waals surface area contributed by atoms with E-state index in [2.05, 4.69) is 26.1 Å². The predicted molar refractivity (Wildman–Crippen MR) is 146 cm³/mol. The van der Waals surface area contributed by atoms with E-state index in [0.29, 0.717) is 28.9 Å². The minimum absolute atomic E-state index is 0.0971. The fourth-order valence-corrected chi connectivity index (χ4v) is 7.45. The molecule has 1 aliphatic heterocycles. The summed E-state index contributed by atoms with van der Waals surface area (Å²) in [6.07, 6.45) is 0.700. The second-order valence-corrected chi connectivity index (χ2v) is 12.1. The van der Waals surface area contributed by atoms with Crippen LogP contribution in [-0.2, 0) is 16.2 Å². The number of carbonyl (C=O) groups is 1. The van der Waals surface area contributed by atoms with Crippen LogP contribution in [0.4, 0.5) is 0 Å². The van der Waals surface area contributed by atoms with Gasteiger partial charge in [-0.3, -0.25) is 9.63 Å². The van der Waals surface area contributed by atoms with E-state index < -0.39 is 24.2 Å². The van der Waals surface area contributed by atoms with Gasteiger partial charge in [-0.25, -0.2) is 0 Å². The highest BCUT2D eigenvalue weighted by Gasteiger charge is 2.57. The quantitative estimate of drug-likeness (QED) is 0.485. The number of para-hydroxylation sites is 1. The summed E-state index contributed by atoms with van der Waals surface area (Å²) >= 11 is 0. The molecule has 6 rings (SSSR count). The van der Waals surface area contributed by atoms with Crippen molar-refractivity contribution in [2.45, 2.75) is 71.4 Å². The molecule has 4 aliphatic rings. The largest absolute Gasteiger partial charge is 0.496 e. The summed E-state index contributed by atoms with van der Waals surface area (Å²) in [6.45, 7) is 8.60. The van der Waals surface area contributed by atoms with Gasteiger partial charge in [0.05, 0.1) is 26.4 Å². The van der Waals surface area contributed by atoms with Gasteiger partial charge in [-0.15, -0.1) is 0 Å². The molecule has 2 aromatic rings. The number of hydrogen-bond donors (Lipinski definition) is 3. The zero-order chi connectivity index (χ0) is 27.2. The highest BCUT2D eigenvalue weighted by molar-refractivity contribution is 5.83. The number of hydroxylamine groups is 2. The summed E-state index contributed by atoms with van der Waals surface area (Å²) in [7, 11) is 1.65. The molecule has 0 spiro atoms. The molecule has 1 amide bonds. The molecule has 1 unspecified atom stereocenters. The Kier molecular flexibility index (Phi) is 7.57. The zero-order valence-electron chi connectivity index (χ0n) is 23.1. The normalized spacial score (nSPS) is 32.9. The van der Waals surface area contributed by atoms with Gasteiger partial charge in [0.1, 0.15) is 17.9 Å². The minimum Gasteiger partial charge on any atom is -0.496 e. The van der Waals surface area contributed by atoms with E-state index in [-0.39, 0.29) is 25.1 Å². The minimum atomic E-state index is -0.832. The van der Waals surface area contributed by atoms with Gasteiger partial charge in [-0.1, -0.05) is 69.3 Å². The third-order valence-electron chi connectivity index (χ3n) is 9.77. The van der Waals surface area contributed by atoms with E-state index in [9.17, 15) is 15.0 Å². The number of amides is 1. The second kappa shape index (κ2) is 10.6. The molecule has 0 radical (unpaired) electrons. The Morgan fingerprint density at radius 2 is 1.92 bits per heavy atom. The van der Waals surface area contributed by atoms with Gasteiger partial charge in [0, 0.05) is 23.1 Å². The third-order valence-corrected chi connectivity index (χ3v) is 9.77. The Balaban J connectivity index is 1.41. The van der Waals surface area contributed by atoms with E-state index in [1.54, 1.807) is 19.1 Å². The van der Waals surface area contributed by atoms with Crippen molar-refractivity contribution >= 4 is 5.91 Å². The number of methoxy groups -OCH3 is 1. The Bertz CT molecular complexity index is 1140. The molecule has 7 heteroatoms. The van der Waals surface area contributed by atoms with Crippen LogP contribution >= 0.6 is 0 Å². The van der Waals surface area contributed by atoms with Gasteiger partial charge in [-0.2, -0.15) is 5.06 Å². The summed E-state index contributed by atoms with van der Waals surface area (Å²) in [5.41, 5.74) is 3.18. The lowest BCUT2D eigenvalue weighted by atomic mass is 9.45. The number of nitrogens with zero attached hydrogens (tertiary/aromatic N) is 1. The first-order chi connectivity index (χ1) is 18.2. The molecule has 1 heterocycles. The first kappa shape index (κ1) is 27.1. The highest BCUT2D eigenvalue weighted by Crippen LogP contribution is 2.61. The lowest BCUT2D eigenvalue weighted by Gasteiger charge is -2.62. The Hall–Kier alpha value is -2.45. The number of nitrogens with one attached hydrogen (secondary N) is 1. The molecule has 3 aliphatic carbocycles. The maximum atomic E-state index is 13.9. The summed E-state index contributed by atoms with van der Waals surface area (Å²) in [4.78, 5) is 20.1. The average Bonchev–Trinajstić information content (AvgIpc) is 3.28. The molecular formula is C31H42N2O5. The lowest BCUT2D eigenvalue weighted by molar-refractivity contribution is -0.183. The van der Waals surface area contributed by atoms with E-state index in [1.165, 1.54) is 6.42 Å². The Labute approximate surface area is 226 Å². The lowest BCUT2D eigenvalue weighted by Crippen LogP contribution is -2.62. The van der Waals surface area contributed by atoms with Crippen molar-refractivity contribution in [3.05, 3.63) is 54.1 Å². The van der Waals surface area contributed by atoms with Gasteiger partial charge in [0.25, 0.3) is 0 Å². The molecule has 0 aromatic heterocycles. The van der Waals surface area contributed by atoms with Gasteiger partial charge < -0.3 is 20.3 Å². The van der Waals surface area contributed by atoms with Crippen LogP contribution in [0.5, 0.6) is 5.75 Å². The topological polar surface area (TPSA) is 91.3 Å². The van der Waals surface area contributed by atoms with Crippen LogP contribution in [0.3, 0.4) is 0 Å². The average molecular weight is 523 g/mol. The molecule has 4 fully saturated rings. The monoisotopic (exact) mass is 522 g/mol. The molecule has 2 aromatic carbocycles. The molecule has 7 nitrogen and oxygen atoms in total. The fourth-order valence-electron chi connectivity index (χ4n) is 7.45. The predicted octanol–water partition coefficient (Wildman–Crippen LogP) is 4.02. The van der Waals surface area contributed by atoms with Gasteiger partial charge in [0.2, 0.25) is 5.91 Å². The van der Waals surface area contributed by atoms with Crippen LogP contribution in [0.25, 0.3) is 11.1 Å². The van der Waals surface area contributed by atoms with Gasteiger partial charge in [-0.05, 0) is 48.5 Å². The standard InChI is InChI=1S/C31H42N2O5/c1-18-24-14-22(31(24,3)4)15-25(18)32-30(36)28-27(19(2)35)26(17-34)38-33(28)16-21-12-9-13-23(29(21)37-5)20-10-7-6-8-11-20/h6-13,18-19,22,24-28,34-35H,14-17H2,1-5H3,(H,32,36)/t18-,19-,22+,24-,25?,26-,27-,28-/m0/s1. The molecule has 38 heavy (non-hydrogen) atoms. The van der Waals surface area contributed by atoms with Gasteiger partial charge >= 0.3 is 0 Å². The maximum Gasteiger partial charge on any atom is 0.240 e. The number of hydrogen-bond acceptors (Lipinski definition) is 6. The fraction of sp³-hybridized carbons (Fsp3) is 0.581. The number of ether oxygens (including phenoxy) is 1. The molecule has 3 N–H and O–H groups in total. The van der Waals surface area contributed by atoms with Crippen LogP contribution in [-0.4, -0.2) is 59.2 Å². The molecule has 206 valence electrons. The number of fused-ring (bicyclic) bond motifs is 2. The van der Waals surface area contributed by atoms with Crippen LogP contribution in [0, 0.1) is 29.1 Å². The summed E-state index contributed by atoms with van der Waals surface area (Å²) < 4.78 is 5.85. The SMILES string of the molecule is COc1c(CN2O[C@@H](CO)[C@H]([C@H](C)O)[C@H]2C(=O)NC2C[C@H]3C[C@@H]([C@@H]2C)C3(C)C)cccc1-c1ccccc1. The van der Waals surface area contributed by atoms with Gasteiger partial charge in [0.15, 0.2) is 0 Å². The van der Waals surface area contributed by atoms with Crippen molar-refractivity contribution in [3.8, 4) is 16.9 Å². The Morgan fingerprint density at radius 1 is 1.18 bits per heavy atom. The van der Waals surface area contributed by atoms with Crippen molar-refractivity contribution < 1.29 is 24.6 Å². The van der Waals surface area contributed by atoms with Crippen LogP contribution in [0.2, 0.25) is 0 Å². The number of rotatable bonds is 8. The maximum absolute atomic E-state index is 13.9. The summed E-state index contributed by atoms with van der Waals surface area (Å²) in [6, 6.07) is 15.3. The zero-order valence-corrected chi connectivity index (χ0v) is 23.1. The van der Waals surface area contributed by atoms with Crippen molar-refractivity contribution in [2.75, 3.05) is 13.7 Å². The van der Waals surface area contributed by atoms with E-state index in [0.717, 1.165) is 23.1 Å². The van der Waals surface area contributed by atoms with Crippen molar-refractivity contribution in [3.63, 3.8) is 0 Å². The number of aliphatic hydroxyl groups is 2. The molecule has 8 atom stereocenters. The van der Waals surface area contributed by atoms with Crippen molar-refractivity contribution in [1.82, 2.24) is 10.4 Å². The van der Waals surface area contributed by atoms with Crippen molar-refractivity contribution in [1.29, 1.82) is 0 Å². The first-order valence-electron chi connectivity index (χ1n) is 13.9. The van der Waals surface area contributed by atoms with Crippen molar-refractivity contribution in [2.24, 2.45) is 29.1 Å². The number of aliphatic hydroxyl groups excluding tert-OH is 2. The number of benzene rings is 2. The second-order valence-electron chi connectivity index (χ2n) is 12.1. The van der Waals surface area contributed by atoms with E-state index >= 15 is 0 Å². The van der Waals surface area contributed by atoms with Crippen LogP contribution < -0.4 is 10.1 Å². The molecule has 2 bridgehead atoms. The number of carbonyl (C=O) groups excluding carboxylic acids is 1. The smallest absolute Gasteiger partial charge is 0.240 e. The van der Waals surface area contributed by atoms with Crippen LogP contribution in [0.1, 0.15) is 46.1 Å². The third kappa shape index (κ3) is 4.64. The molecule has 1 saturated heterocycles.